The Morgan fingerprint density at radius 2 is 0.625 bits per heavy atom. The van der Waals surface area contributed by atoms with Crippen molar-refractivity contribution in [3.8, 4) is 45.5 Å². The Balaban J connectivity index is 0.00000202. The van der Waals surface area contributed by atoms with Crippen LogP contribution < -0.4 is 11.1 Å². The number of pyridine rings is 2. The molecule has 0 N–H and O–H groups in total. The van der Waals surface area contributed by atoms with Gasteiger partial charge in [-0.05, 0) is 83.6 Å². The van der Waals surface area contributed by atoms with E-state index in [4.69, 9.17) is 15.0 Å². The van der Waals surface area contributed by atoms with E-state index in [0.29, 0.717) is 28.2 Å². The number of nitrogens with zero attached hydrogens (tertiary/aromatic N) is 5. The first-order chi connectivity index (χ1) is 27.6. The summed E-state index contributed by atoms with van der Waals surface area (Å²) >= 11 is 0. The summed E-state index contributed by atoms with van der Waals surface area (Å²) < 4.78 is 3.53. The molecule has 0 fully saturated rings. The lowest BCUT2D eigenvalue weighted by Gasteiger charge is -2.14. The first-order valence-corrected chi connectivity index (χ1v) is 18.7. The molecule has 0 bridgehead atoms. The maximum absolute atomic E-state index is 13.9. The van der Waals surface area contributed by atoms with Gasteiger partial charge in [-0.1, -0.05) is 117 Å². The van der Waals surface area contributed by atoms with Crippen LogP contribution in [0.1, 0.15) is 13.8 Å². The lowest BCUT2D eigenvalue weighted by atomic mass is 10.1. The van der Waals surface area contributed by atoms with Crippen LogP contribution >= 0.6 is 0 Å². The summed E-state index contributed by atoms with van der Waals surface area (Å²) in [7, 11) is 0. The van der Waals surface area contributed by atoms with Gasteiger partial charge in [0, 0.05) is 49.6 Å². The van der Waals surface area contributed by atoms with Gasteiger partial charge in [-0.3, -0.25) is 18.7 Å². The predicted molar refractivity (Wildman–Crippen MR) is 229 cm³/mol. The Labute approximate surface area is 322 Å². The number of hydrogen-bond donors (Lipinski definition) is 0. The van der Waals surface area contributed by atoms with E-state index in [0.717, 1.165) is 60.6 Å². The molecule has 0 atom stereocenters. The number of para-hydroxylation sites is 2. The summed E-state index contributed by atoms with van der Waals surface area (Å²) in [6.07, 6.45) is 0. The van der Waals surface area contributed by atoms with E-state index < -0.39 is 0 Å². The molecule has 0 aliphatic carbocycles. The third-order valence-corrected chi connectivity index (χ3v) is 10.0. The second-order valence-electron chi connectivity index (χ2n) is 13.2. The Morgan fingerprint density at radius 1 is 0.321 bits per heavy atom. The summed E-state index contributed by atoms with van der Waals surface area (Å²) in [6, 6.07) is 56.7. The highest BCUT2D eigenvalue weighted by Gasteiger charge is 2.16. The number of rotatable bonds is 5. The van der Waals surface area contributed by atoms with Crippen molar-refractivity contribution in [2.45, 2.75) is 13.8 Å². The zero-order chi connectivity index (χ0) is 38.2. The van der Waals surface area contributed by atoms with Crippen LogP contribution in [0, 0.1) is 0 Å². The van der Waals surface area contributed by atoms with Gasteiger partial charge in [0.25, 0.3) is 11.1 Å². The van der Waals surface area contributed by atoms with Gasteiger partial charge >= 0.3 is 0 Å². The summed E-state index contributed by atoms with van der Waals surface area (Å²) in [5.74, 6) is 1.54. The predicted octanol–water partition coefficient (Wildman–Crippen LogP) is 10.8. The zero-order valence-electron chi connectivity index (χ0n) is 30.8. The molecule has 7 aromatic carbocycles. The molecule has 3 heterocycles. The van der Waals surface area contributed by atoms with Gasteiger partial charge in [-0.15, -0.1) is 0 Å². The number of benzene rings is 7. The minimum Gasteiger partial charge on any atom is -0.276 e. The molecule has 0 saturated carbocycles. The smallest absolute Gasteiger partial charge is 0.263 e. The second kappa shape index (κ2) is 14.4. The van der Waals surface area contributed by atoms with Crippen LogP contribution in [0.2, 0.25) is 0 Å². The molecule has 0 spiro atoms. The fraction of sp³-hybridized carbons (Fsp3) is 0.0408. The van der Waals surface area contributed by atoms with Gasteiger partial charge in [-0.2, -0.15) is 0 Å². The van der Waals surface area contributed by atoms with Crippen molar-refractivity contribution in [2.75, 3.05) is 0 Å². The van der Waals surface area contributed by atoms with Crippen LogP contribution in [0.3, 0.4) is 0 Å². The molecule has 0 aliphatic heterocycles. The average Bonchev–Trinajstić information content (AvgIpc) is 3.28. The van der Waals surface area contributed by atoms with Crippen LogP contribution in [-0.4, -0.2) is 24.1 Å². The minimum absolute atomic E-state index is 0.0757. The lowest BCUT2D eigenvalue weighted by molar-refractivity contribution is 1.05. The number of aromatic nitrogens is 5. The fourth-order valence-corrected chi connectivity index (χ4v) is 7.44. The van der Waals surface area contributed by atoms with Crippen LogP contribution in [0.5, 0.6) is 0 Å². The molecule has 0 unspecified atom stereocenters. The zero-order valence-corrected chi connectivity index (χ0v) is 30.8. The fourth-order valence-electron chi connectivity index (χ4n) is 7.44. The molecule has 7 nitrogen and oxygen atoms in total. The third-order valence-electron chi connectivity index (χ3n) is 10.0. The molecule has 10 rings (SSSR count). The summed E-state index contributed by atoms with van der Waals surface area (Å²) in [4.78, 5) is 42.5. The maximum Gasteiger partial charge on any atom is 0.263 e. The van der Waals surface area contributed by atoms with Gasteiger partial charge in [0.05, 0.1) is 11.0 Å². The highest BCUT2D eigenvalue weighted by molar-refractivity contribution is 6.07. The normalized spacial score (nSPS) is 11.2. The molecule has 7 heteroatoms. The van der Waals surface area contributed by atoms with Crippen molar-refractivity contribution in [3.05, 3.63) is 197 Å². The quantitative estimate of drug-likeness (QED) is 0.165. The Hall–Kier alpha value is -7.51. The topological polar surface area (TPSA) is 82.7 Å². The van der Waals surface area contributed by atoms with Crippen LogP contribution in [-0.2, 0) is 0 Å². The molecule has 3 aromatic heterocycles. The summed E-state index contributed by atoms with van der Waals surface area (Å²) in [5, 5.41) is 5.22. The van der Waals surface area contributed by atoms with E-state index in [2.05, 4.69) is 0 Å². The highest BCUT2D eigenvalue weighted by atomic mass is 16.1. The van der Waals surface area contributed by atoms with Crippen molar-refractivity contribution in [2.24, 2.45) is 0 Å². The van der Waals surface area contributed by atoms with E-state index in [1.54, 1.807) is 9.13 Å². The Morgan fingerprint density at radius 3 is 1.02 bits per heavy atom. The number of fused-ring (bicyclic) bond motifs is 6. The van der Waals surface area contributed by atoms with Gasteiger partial charge in [0.2, 0.25) is 0 Å². The van der Waals surface area contributed by atoms with Crippen LogP contribution in [0.4, 0.5) is 0 Å². The standard InChI is InChI=1S/C47H29N5O2.C2H6/c53-46-39-18-6-4-14-35(39)37-16-8-10-20-41(37)51(46)33-26-22-31(23-27-33)44-48-43(30-12-2-1-3-13-30)49-45(50-44)32-24-28-34(29-25-32)52-42-21-11-9-17-38(42)36-15-5-7-19-40(36)47(52)54;1-2/h1-29H;1-2H3. The third kappa shape index (κ3) is 5.83. The highest BCUT2D eigenvalue weighted by Crippen LogP contribution is 2.30. The van der Waals surface area contributed by atoms with Gasteiger partial charge in [0.15, 0.2) is 17.5 Å². The molecule has 268 valence electrons. The van der Waals surface area contributed by atoms with Crippen molar-refractivity contribution >= 4 is 43.4 Å². The van der Waals surface area contributed by atoms with Crippen molar-refractivity contribution in [3.63, 3.8) is 0 Å². The van der Waals surface area contributed by atoms with Gasteiger partial charge in [0.1, 0.15) is 0 Å². The van der Waals surface area contributed by atoms with E-state index in [1.165, 1.54) is 0 Å². The Kier molecular flexibility index (Phi) is 8.80. The van der Waals surface area contributed by atoms with Gasteiger partial charge < -0.3 is 0 Å². The molecule has 0 saturated heterocycles. The maximum atomic E-state index is 13.9. The van der Waals surface area contributed by atoms with Crippen molar-refractivity contribution in [1.82, 2.24) is 24.1 Å². The molecular formula is C49H35N5O2. The largest absolute Gasteiger partial charge is 0.276 e. The minimum atomic E-state index is -0.0757. The molecule has 0 aliphatic rings. The van der Waals surface area contributed by atoms with Crippen molar-refractivity contribution < 1.29 is 0 Å². The van der Waals surface area contributed by atoms with Crippen LogP contribution in [0.15, 0.2) is 186 Å². The van der Waals surface area contributed by atoms with Crippen LogP contribution in [0.25, 0.3) is 88.9 Å². The number of hydrogen-bond acceptors (Lipinski definition) is 5. The van der Waals surface area contributed by atoms with Crippen molar-refractivity contribution in [1.29, 1.82) is 0 Å². The van der Waals surface area contributed by atoms with E-state index in [9.17, 15) is 9.59 Å². The molecule has 0 radical (unpaired) electrons. The molecule has 56 heavy (non-hydrogen) atoms. The average molecular weight is 726 g/mol. The Bertz CT molecular complexity index is 2990. The summed E-state index contributed by atoms with van der Waals surface area (Å²) in [6.45, 7) is 4.00. The first-order valence-electron chi connectivity index (χ1n) is 18.7. The SMILES string of the molecule is CC.O=c1c2ccccc2c2ccccc2n1-c1ccc(-c2nc(-c3ccccc3)nc(-c3ccc(-n4c(=O)c5ccccc5c5ccccc54)cc3)n2)cc1. The summed E-state index contributed by atoms with van der Waals surface area (Å²) in [5.41, 5.74) is 5.44. The monoisotopic (exact) mass is 725 g/mol. The molecular weight excluding hydrogens is 691 g/mol. The van der Waals surface area contributed by atoms with Gasteiger partial charge in [-0.25, -0.2) is 15.0 Å². The first kappa shape index (κ1) is 34.3. The van der Waals surface area contributed by atoms with E-state index in [-0.39, 0.29) is 11.1 Å². The van der Waals surface area contributed by atoms with E-state index in [1.807, 2.05) is 190 Å². The lowest BCUT2D eigenvalue weighted by Crippen LogP contribution is -2.19. The second-order valence-corrected chi connectivity index (χ2v) is 13.2. The molecule has 10 aromatic rings. The molecule has 0 amide bonds. The van der Waals surface area contributed by atoms with E-state index >= 15 is 0 Å².